The summed E-state index contributed by atoms with van der Waals surface area (Å²) in [6.45, 7) is 1.75. The Kier molecular flexibility index (Phi) is 4.69. The molecule has 0 atom stereocenters. The molecule has 0 saturated heterocycles. The Hall–Kier alpha value is -2.18. The van der Waals surface area contributed by atoms with Crippen molar-refractivity contribution >= 4 is 50.9 Å². The van der Waals surface area contributed by atoms with Crippen LogP contribution in [0, 0.1) is 0 Å². The van der Waals surface area contributed by atoms with Crippen LogP contribution in [0.5, 0.6) is 0 Å². The van der Waals surface area contributed by atoms with E-state index in [9.17, 15) is 9.59 Å². The van der Waals surface area contributed by atoms with Crippen LogP contribution in [0.15, 0.2) is 63.1 Å². The number of hydrogen-bond donors (Lipinski definition) is 0. The van der Waals surface area contributed by atoms with Crippen molar-refractivity contribution in [2.45, 2.75) is 6.92 Å². The normalized spacial score (nSPS) is 16.2. The minimum atomic E-state index is -0.511. The number of carbonyl (C=O) groups is 2. The van der Waals surface area contributed by atoms with Crippen LogP contribution in [0.25, 0.3) is 6.08 Å². The van der Waals surface area contributed by atoms with Gasteiger partial charge in [0.1, 0.15) is 0 Å². The fourth-order valence-electron chi connectivity index (χ4n) is 2.60. The zero-order chi connectivity index (χ0) is 17.3. The number of benzene rings is 1. The smallest absolute Gasteiger partial charge is 0.340 e. The number of carbonyl (C=O) groups excluding carboxylic acids is 2. The summed E-state index contributed by atoms with van der Waals surface area (Å²) in [5.41, 5.74) is 1.93. The number of esters is 1. The molecule has 1 aromatic carbocycles. The maximum Gasteiger partial charge on any atom is 0.340 e. The topological polar surface area (TPSA) is 46.6 Å². The van der Waals surface area contributed by atoms with Gasteiger partial charge in [0.15, 0.2) is 0 Å². The Morgan fingerprint density at radius 2 is 1.96 bits per heavy atom. The van der Waals surface area contributed by atoms with Crippen LogP contribution in [0.2, 0.25) is 0 Å². The third-order valence-corrected chi connectivity index (χ3v) is 5.05. The zero-order valence-electron chi connectivity index (χ0n) is 13.1. The van der Waals surface area contributed by atoms with Crippen molar-refractivity contribution in [3.8, 4) is 0 Å². The van der Waals surface area contributed by atoms with E-state index < -0.39 is 5.97 Å². The van der Waals surface area contributed by atoms with Gasteiger partial charge in [-0.2, -0.15) is 0 Å². The number of thiophene rings is 1. The molecule has 1 aliphatic rings. The van der Waals surface area contributed by atoms with Gasteiger partial charge in [0.2, 0.25) is 0 Å². The van der Waals surface area contributed by atoms with Gasteiger partial charge in [-0.05, 0) is 48.7 Å². The second-order valence-corrected chi connectivity index (χ2v) is 7.04. The third kappa shape index (κ3) is 2.95. The van der Waals surface area contributed by atoms with Crippen molar-refractivity contribution in [3.05, 3.63) is 68.0 Å². The summed E-state index contributed by atoms with van der Waals surface area (Å²) >= 11 is 4.89. The van der Waals surface area contributed by atoms with E-state index in [4.69, 9.17) is 4.74 Å². The maximum absolute atomic E-state index is 13.0. The molecule has 2 heterocycles. The molecule has 0 unspecified atom stereocenters. The number of halogens is 1. The summed E-state index contributed by atoms with van der Waals surface area (Å²) in [6.07, 6.45) is 1.74. The minimum Gasteiger partial charge on any atom is -0.465 e. The van der Waals surface area contributed by atoms with Gasteiger partial charge >= 0.3 is 5.97 Å². The van der Waals surface area contributed by atoms with Crippen molar-refractivity contribution in [1.29, 1.82) is 0 Å². The van der Waals surface area contributed by atoms with Gasteiger partial charge in [-0.25, -0.2) is 4.79 Å². The molecule has 122 valence electrons. The lowest BCUT2D eigenvalue weighted by Gasteiger charge is -2.17. The Bertz CT molecular complexity index is 851. The maximum atomic E-state index is 13.0. The molecule has 1 amide bonds. The lowest BCUT2D eigenvalue weighted by molar-refractivity contribution is -0.136. The second-order valence-electron chi connectivity index (χ2n) is 5.14. The largest absolute Gasteiger partial charge is 0.465 e. The standard InChI is InChI=1S/C18H14BrNO3S/c1-11-16(18(22)23-2)15(10-14-4-3-9-24-14)17(21)20(11)13-7-5-12(19)6-8-13/h3-10H,1-2H3/b15-10+. The van der Waals surface area contributed by atoms with Crippen LogP contribution >= 0.6 is 27.3 Å². The first-order valence-electron chi connectivity index (χ1n) is 7.17. The monoisotopic (exact) mass is 403 g/mol. The molecule has 1 aliphatic heterocycles. The van der Waals surface area contributed by atoms with Crippen LogP contribution in [-0.4, -0.2) is 19.0 Å². The van der Waals surface area contributed by atoms with Crippen molar-refractivity contribution in [2.75, 3.05) is 12.0 Å². The average Bonchev–Trinajstić information content (AvgIpc) is 3.16. The van der Waals surface area contributed by atoms with Gasteiger partial charge in [-0.1, -0.05) is 22.0 Å². The SMILES string of the molecule is COC(=O)C1=C(C)N(c2ccc(Br)cc2)C(=O)/C1=C/c1cccs1. The van der Waals surface area contributed by atoms with E-state index in [-0.39, 0.29) is 5.91 Å². The fourth-order valence-corrected chi connectivity index (χ4v) is 3.52. The van der Waals surface area contributed by atoms with Crippen LogP contribution < -0.4 is 4.90 Å². The summed E-state index contributed by atoms with van der Waals surface area (Å²) in [7, 11) is 1.32. The van der Waals surface area contributed by atoms with Gasteiger partial charge < -0.3 is 4.74 Å². The van der Waals surface area contributed by atoms with Gasteiger partial charge in [-0.15, -0.1) is 11.3 Å². The molecule has 0 bridgehead atoms. The lowest BCUT2D eigenvalue weighted by Crippen LogP contribution is -2.24. The summed E-state index contributed by atoms with van der Waals surface area (Å²) in [5, 5.41) is 1.92. The Labute approximate surface area is 152 Å². The summed E-state index contributed by atoms with van der Waals surface area (Å²) in [5.74, 6) is -0.744. The predicted molar refractivity (Wildman–Crippen MR) is 98.6 cm³/mol. The molecule has 2 aromatic rings. The van der Waals surface area contributed by atoms with Gasteiger partial charge in [-0.3, -0.25) is 9.69 Å². The molecule has 0 radical (unpaired) electrons. The van der Waals surface area contributed by atoms with Crippen LogP contribution in [0.4, 0.5) is 5.69 Å². The van der Waals surface area contributed by atoms with E-state index in [0.717, 1.165) is 9.35 Å². The highest BCUT2D eigenvalue weighted by atomic mass is 79.9. The zero-order valence-corrected chi connectivity index (χ0v) is 15.5. The van der Waals surface area contributed by atoms with E-state index in [1.165, 1.54) is 23.3 Å². The van der Waals surface area contributed by atoms with E-state index in [1.54, 1.807) is 13.0 Å². The van der Waals surface area contributed by atoms with Crippen molar-refractivity contribution in [2.24, 2.45) is 0 Å². The molecule has 3 rings (SSSR count). The van der Waals surface area contributed by atoms with Crippen LogP contribution in [-0.2, 0) is 14.3 Å². The van der Waals surface area contributed by atoms with Gasteiger partial charge in [0.05, 0.1) is 18.3 Å². The number of amides is 1. The number of anilines is 1. The highest BCUT2D eigenvalue weighted by molar-refractivity contribution is 9.10. The Morgan fingerprint density at radius 1 is 1.25 bits per heavy atom. The summed E-state index contributed by atoms with van der Waals surface area (Å²) < 4.78 is 5.80. The number of rotatable bonds is 3. The first kappa shape index (κ1) is 16.7. The molecule has 0 saturated carbocycles. The molecular formula is C18H14BrNO3S. The highest BCUT2D eigenvalue weighted by Gasteiger charge is 2.37. The van der Waals surface area contributed by atoms with E-state index in [2.05, 4.69) is 15.9 Å². The van der Waals surface area contributed by atoms with Crippen LogP contribution in [0.1, 0.15) is 11.8 Å². The molecular weight excluding hydrogens is 390 g/mol. The predicted octanol–water partition coefficient (Wildman–Crippen LogP) is 4.39. The first-order valence-corrected chi connectivity index (χ1v) is 8.85. The number of ether oxygens (including phenoxy) is 1. The van der Waals surface area contributed by atoms with E-state index >= 15 is 0 Å². The molecule has 24 heavy (non-hydrogen) atoms. The highest BCUT2D eigenvalue weighted by Crippen LogP contribution is 2.36. The van der Waals surface area contributed by atoms with Gasteiger partial charge in [0, 0.05) is 20.7 Å². The summed E-state index contributed by atoms with van der Waals surface area (Å²) in [4.78, 5) is 27.6. The van der Waals surface area contributed by atoms with E-state index in [1.807, 2.05) is 41.8 Å². The average molecular weight is 404 g/mol. The first-order chi connectivity index (χ1) is 11.5. The quantitative estimate of drug-likeness (QED) is 0.563. The molecule has 0 aliphatic carbocycles. The molecule has 0 fully saturated rings. The number of hydrogen-bond acceptors (Lipinski definition) is 4. The molecule has 0 N–H and O–H groups in total. The number of methoxy groups -OCH3 is 1. The van der Waals surface area contributed by atoms with E-state index in [0.29, 0.717) is 22.5 Å². The fraction of sp³-hybridized carbons (Fsp3) is 0.111. The Balaban J connectivity index is 2.12. The lowest BCUT2D eigenvalue weighted by atomic mass is 10.1. The van der Waals surface area contributed by atoms with Crippen molar-refractivity contribution in [3.63, 3.8) is 0 Å². The molecule has 0 spiro atoms. The second kappa shape index (κ2) is 6.75. The van der Waals surface area contributed by atoms with Crippen molar-refractivity contribution < 1.29 is 14.3 Å². The third-order valence-electron chi connectivity index (χ3n) is 3.70. The number of nitrogens with zero attached hydrogens (tertiary/aromatic N) is 1. The molecule has 1 aromatic heterocycles. The van der Waals surface area contributed by atoms with Gasteiger partial charge in [0.25, 0.3) is 5.91 Å². The van der Waals surface area contributed by atoms with Crippen LogP contribution in [0.3, 0.4) is 0 Å². The Morgan fingerprint density at radius 3 is 2.54 bits per heavy atom. The van der Waals surface area contributed by atoms with Crippen molar-refractivity contribution in [1.82, 2.24) is 0 Å². The minimum absolute atomic E-state index is 0.233. The molecule has 6 heteroatoms. The molecule has 4 nitrogen and oxygen atoms in total. The summed E-state index contributed by atoms with van der Waals surface area (Å²) in [6, 6.07) is 11.2. The number of allylic oxidation sites excluding steroid dienone is 1.